The number of hydrogen-bond acceptors (Lipinski definition) is 5. The van der Waals surface area contributed by atoms with E-state index in [1.54, 1.807) is 17.6 Å². The van der Waals surface area contributed by atoms with Crippen LogP contribution in [0.15, 0.2) is 6.20 Å². The van der Waals surface area contributed by atoms with Crippen LogP contribution in [0.4, 0.5) is 5.13 Å². The highest BCUT2D eigenvalue weighted by atomic mass is 32.1. The van der Waals surface area contributed by atoms with E-state index in [0.29, 0.717) is 5.13 Å². The lowest BCUT2D eigenvalue weighted by Crippen LogP contribution is -2.25. The fraction of sp³-hybridized carbons (Fsp3) is 0.375. The monoisotopic (exact) mass is 226 g/mol. The second kappa shape index (κ2) is 3.50. The summed E-state index contributed by atoms with van der Waals surface area (Å²) in [7, 11) is 0. The second-order valence-corrected chi connectivity index (χ2v) is 4.18. The van der Waals surface area contributed by atoms with Gasteiger partial charge < -0.3 is 10.4 Å². The first-order valence-corrected chi connectivity index (χ1v) is 5.20. The Bertz CT molecular complexity index is 472. The summed E-state index contributed by atoms with van der Waals surface area (Å²) in [6.07, 6.45) is 1.79. The second-order valence-electron chi connectivity index (χ2n) is 3.22. The van der Waals surface area contributed by atoms with Gasteiger partial charge in [-0.15, -0.1) is 5.10 Å². The van der Waals surface area contributed by atoms with Crippen LogP contribution in [0.3, 0.4) is 0 Å². The van der Waals surface area contributed by atoms with E-state index in [1.165, 1.54) is 11.3 Å². The Hall–Kier alpha value is -1.63. The number of aryl methyl sites for hydroxylation is 1. The van der Waals surface area contributed by atoms with Gasteiger partial charge in [0.15, 0.2) is 0 Å². The quantitative estimate of drug-likeness (QED) is 0.815. The van der Waals surface area contributed by atoms with Gasteiger partial charge in [-0.2, -0.15) is 0 Å². The van der Waals surface area contributed by atoms with E-state index in [9.17, 15) is 4.79 Å². The highest BCUT2D eigenvalue weighted by Gasteiger charge is 2.13. The molecule has 2 aromatic rings. The number of aliphatic carboxylic acids is 1. The first-order chi connectivity index (χ1) is 7.06. The van der Waals surface area contributed by atoms with Gasteiger partial charge in [-0.25, -0.2) is 9.50 Å². The van der Waals surface area contributed by atoms with Crippen molar-refractivity contribution in [2.24, 2.45) is 0 Å². The molecule has 2 rings (SSSR count). The molecule has 2 aromatic heterocycles. The van der Waals surface area contributed by atoms with Crippen molar-refractivity contribution in [2.75, 3.05) is 5.32 Å². The maximum atomic E-state index is 10.6. The fourth-order valence-electron chi connectivity index (χ4n) is 1.11. The maximum absolute atomic E-state index is 10.6. The zero-order chi connectivity index (χ0) is 11.0. The van der Waals surface area contributed by atoms with Gasteiger partial charge in [0, 0.05) is 0 Å². The van der Waals surface area contributed by atoms with Crippen LogP contribution < -0.4 is 5.32 Å². The zero-order valence-electron chi connectivity index (χ0n) is 8.26. The minimum absolute atomic E-state index is 0.562. The van der Waals surface area contributed by atoms with Gasteiger partial charge in [0.05, 0.1) is 11.9 Å². The molecule has 0 unspecified atom stereocenters. The number of fused-ring (bicyclic) bond motifs is 1. The van der Waals surface area contributed by atoms with Crippen LogP contribution in [-0.2, 0) is 4.79 Å². The zero-order valence-corrected chi connectivity index (χ0v) is 9.08. The molecular formula is C8H10N4O2S. The molecule has 7 heteroatoms. The van der Waals surface area contributed by atoms with Crippen LogP contribution >= 0.6 is 11.3 Å². The first-order valence-electron chi connectivity index (χ1n) is 4.38. The summed E-state index contributed by atoms with van der Waals surface area (Å²) >= 11 is 1.33. The van der Waals surface area contributed by atoms with Crippen LogP contribution in [0.5, 0.6) is 0 Å². The number of carbonyl (C=O) groups is 1. The Labute approximate surface area is 89.6 Å². The predicted molar refractivity (Wildman–Crippen MR) is 56.3 cm³/mol. The summed E-state index contributed by atoms with van der Waals surface area (Å²) < 4.78 is 1.64. The molecule has 2 N–H and O–H groups in total. The summed E-state index contributed by atoms with van der Waals surface area (Å²) in [5, 5.41) is 16.2. The van der Waals surface area contributed by atoms with Crippen LogP contribution in [0.2, 0.25) is 0 Å². The van der Waals surface area contributed by atoms with E-state index in [-0.39, 0.29) is 0 Å². The number of nitrogens with one attached hydrogen (secondary N) is 1. The number of hydrogen-bond donors (Lipinski definition) is 2. The van der Waals surface area contributed by atoms with Gasteiger partial charge in [0.1, 0.15) is 6.04 Å². The van der Waals surface area contributed by atoms with Crippen molar-refractivity contribution in [1.82, 2.24) is 14.6 Å². The molecule has 0 aliphatic heterocycles. The third-order valence-electron chi connectivity index (χ3n) is 1.87. The molecule has 2 heterocycles. The maximum Gasteiger partial charge on any atom is 0.325 e. The van der Waals surface area contributed by atoms with Gasteiger partial charge in [0.25, 0.3) is 0 Å². The Kier molecular flexibility index (Phi) is 2.31. The van der Waals surface area contributed by atoms with E-state index in [1.807, 2.05) is 6.92 Å². The van der Waals surface area contributed by atoms with Crippen molar-refractivity contribution in [3.63, 3.8) is 0 Å². The molecule has 0 saturated carbocycles. The molecule has 0 fully saturated rings. The van der Waals surface area contributed by atoms with Crippen LogP contribution in [0.1, 0.15) is 12.6 Å². The molecule has 0 spiro atoms. The molecule has 0 saturated heterocycles. The summed E-state index contributed by atoms with van der Waals surface area (Å²) in [5.74, 6) is -0.904. The van der Waals surface area contributed by atoms with Crippen LogP contribution in [0, 0.1) is 6.92 Å². The SMILES string of the molecule is Cc1cn2nc(N[C@@H](C)C(=O)O)sc2n1. The highest BCUT2D eigenvalue weighted by molar-refractivity contribution is 7.20. The highest BCUT2D eigenvalue weighted by Crippen LogP contribution is 2.19. The largest absolute Gasteiger partial charge is 0.480 e. The van der Waals surface area contributed by atoms with Crippen molar-refractivity contribution >= 4 is 27.4 Å². The summed E-state index contributed by atoms with van der Waals surface area (Å²) in [6, 6.07) is -0.651. The Morgan fingerprint density at radius 3 is 3.07 bits per heavy atom. The van der Waals surface area contributed by atoms with E-state index in [2.05, 4.69) is 15.4 Å². The van der Waals surface area contributed by atoms with Crippen molar-refractivity contribution in [2.45, 2.75) is 19.9 Å². The Balaban J connectivity index is 2.22. The average Bonchev–Trinajstić information content (AvgIpc) is 2.60. The molecule has 80 valence electrons. The van der Waals surface area contributed by atoms with Crippen molar-refractivity contribution in [1.29, 1.82) is 0 Å². The minimum atomic E-state index is -0.904. The van der Waals surface area contributed by atoms with E-state index in [0.717, 1.165) is 10.7 Å². The van der Waals surface area contributed by atoms with E-state index in [4.69, 9.17) is 5.11 Å². The summed E-state index contributed by atoms with van der Waals surface area (Å²) in [4.78, 5) is 15.6. The van der Waals surface area contributed by atoms with Gasteiger partial charge in [0.2, 0.25) is 10.1 Å². The van der Waals surface area contributed by atoms with E-state index >= 15 is 0 Å². The number of nitrogens with zero attached hydrogens (tertiary/aromatic N) is 3. The van der Waals surface area contributed by atoms with Crippen molar-refractivity contribution in [3.05, 3.63) is 11.9 Å². The number of carboxylic acid groups (broad SMARTS) is 1. The van der Waals surface area contributed by atoms with E-state index < -0.39 is 12.0 Å². The summed E-state index contributed by atoms with van der Waals surface area (Å²) in [6.45, 7) is 3.45. The molecule has 0 amide bonds. The number of rotatable bonds is 3. The van der Waals surface area contributed by atoms with Gasteiger partial charge >= 0.3 is 5.97 Å². The topological polar surface area (TPSA) is 79.5 Å². The average molecular weight is 226 g/mol. The predicted octanol–water partition coefficient (Wildman–Crippen LogP) is 0.984. The molecule has 0 bridgehead atoms. The molecule has 6 nitrogen and oxygen atoms in total. The number of carboxylic acids is 1. The van der Waals surface area contributed by atoms with Crippen molar-refractivity contribution < 1.29 is 9.90 Å². The number of aromatic nitrogens is 3. The normalized spacial score (nSPS) is 12.9. The molecule has 0 radical (unpaired) electrons. The Morgan fingerprint density at radius 2 is 2.47 bits per heavy atom. The molecular weight excluding hydrogens is 216 g/mol. The smallest absolute Gasteiger partial charge is 0.325 e. The van der Waals surface area contributed by atoms with Crippen LogP contribution in [0.25, 0.3) is 4.96 Å². The lowest BCUT2D eigenvalue weighted by atomic mass is 10.4. The standard InChI is InChI=1S/C8H10N4O2S/c1-4-3-12-8(9-4)15-7(11-12)10-5(2)6(13)14/h3,5H,1-2H3,(H,10,11)(H,13,14)/t5-/m0/s1. The fourth-order valence-corrected chi connectivity index (χ4v) is 2.03. The molecule has 15 heavy (non-hydrogen) atoms. The lowest BCUT2D eigenvalue weighted by molar-refractivity contribution is -0.137. The summed E-state index contributed by atoms with van der Waals surface area (Å²) in [5.41, 5.74) is 0.895. The van der Waals surface area contributed by atoms with Gasteiger partial charge in [-0.05, 0) is 13.8 Å². The molecule has 0 aromatic carbocycles. The molecule has 0 aliphatic carbocycles. The number of anilines is 1. The van der Waals surface area contributed by atoms with Gasteiger partial charge in [-0.3, -0.25) is 4.79 Å². The third kappa shape index (κ3) is 1.91. The lowest BCUT2D eigenvalue weighted by Gasteiger charge is -2.05. The third-order valence-corrected chi connectivity index (χ3v) is 2.73. The van der Waals surface area contributed by atoms with Crippen molar-refractivity contribution in [3.8, 4) is 0 Å². The number of imidazole rings is 1. The van der Waals surface area contributed by atoms with Crippen LogP contribution in [-0.4, -0.2) is 31.7 Å². The minimum Gasteiger partial charge on any atom is -0.480 e. The molecule has 1 atom stereocenters. The Morgan fingerprint density at radius 1 is 1.73 bits per heavy atom. The first kappa shape index (κ1) is 9.91. The van der Waals surface area contributed by atoms with Gasteiger partial charge in [-0.1, -0.05) is 11.3 Å². The molecule has 0 aliphatic rings.